The lowest BCUT2D eigenvalue weighted by molar-refractivity contribution is -0.156. The van der Waals surface area contributed by atoms with E-state index in [1.165, 1.54) is 36.7 Å². The Bertz CT molecular complexity index is 1070. The van der Waals surface area contributed by atoms with Crippen molar-refractivity contribution in [1.82, 2.24) is 25.2 Å². The van der Waals surface area contributed by atoms with E-state index in [4.69, 9.17) is 9.72 Å². The van der Waals surface area contributed by atoms with Crippen molar-refractivity contribution in [3.8, 4) is 0 Å². The number of hydrogen-bond acceptors (Lipinski definition) is 8. The topological polar surface area (TPSA) is 109 Å². The summed E-state index contributed by atoms with van der Waals surface area (Å²) in [4.78, 5) is 40.3. The largest absolute Gasteiger partial charge is 0.458 e. The van der Waals surface area contributed by atoms with Crippen LogP contribution in [0.2, 0.25) is 0 Å². The monoisotopic (exact) mass is 538 g/mol. The van der Waals surface area contributed by atoms with Crippen molar-refractivity contribution < 1.29 is 14.3 Å². The lowest BCUT2D eigenvalue weighted by atomic mass is 9.95. The predicted octanol–water partition coefficient (Wildman–Crippen LogP) is 4.03. The number of carbonyl (C=O) groups is 2. The van der Waals surface area contributed by atoms with Crippen LogP contribution in [0.1, 0.15) is 82.3 Å². The number of ether oxygens (including phenoxy) is 1. The molecule has 0 saturated heterocycles. The van der Waals surface area contributed by atoms with Crippen LogP contribution in [0.15, 0.2) is 24.5 Å². The maximum absolute atomic E-state index is 13.0. The number of pyridine rings is 1. The molecule has 2 heterocycles. The van der Waals surface area contributed by atoms with E-state index < -0.39 is 11.6 Å². The number of amides is 1. The predicted molar refractivity (Wildman–Crippen MR) is 154 cm³/mol. The van der Waals surface area contributed by atoms with Gasteiger partial charge in [-0.15, -0.1) is 0 Å². The second kappa shape index (κ2) is 14.9. The summed E-state index contributed by atoms with van der Waals surface area (Å²) in [6.07, 6.45) is 11.7. The Morgan fingerprint density at radius 1 is 1.05 bits per heavy atom. The number of hydrogen-bond donors (Lipinski definition) is 2. The van der Waals surface area contributed by atoms with Gasteiger partial charge in [-0.1, -0.05) is 6.07 Å². The van der Waals surface area contributed by atoms with Gasteiger partial charge in [-0.05, 0) is 103 Å². The molecule has 1 atom stereocenters. The summed E-state index contributed by atoms with van der Waals surface area (Å²) < 4.78 is 5.69. The average molecular weight is 539 g/mol. The van der Waals surface area contributed by atoms with Gasteiger partial charge in [0.25, 0.3) is 0 Å². The molecule has 0 unspecified atom stereocenters. The molecule has 0 aromatic carbocycles. The number of nitrogens with one attached hydrogen (secondary N) is 2. The highest BCUT2D eigenvalue weighted by atomic mass is 16.6. The minimum absolute atomic E-state index is 0.0433. The molecule has 0 saturated carbocycles. The summed E-state index contributed by atoms with van der Waals surface area (Å²) in [6.45, 7) is 11.8. The van der Waals surface area contributed by atoms with E-state index in [1.807, 2.05) is 27.7 Å². The Balaban J connectivity index is 1.57. The first-order valence-electron chi connectivity index (χ1n) is 14.3. The number of rotatable bonds is 14. The summed E-state index contributed by atoms with van der Waals surface area (Å²) in [5.41, 5.74) is 4.23. The molecule has 0 bridgehead atoms. The number of carbonyl (C=O) groups excluding carboxylic acids is 2. The van der Waals surface area contributed by atoms with Gasteiger partial charge in [0.15, 0.2) is 0 Å². The molecule has 0 radical (unpaired) electrons. The van der Waals surface area contributed by atoms with E-state index in [-0.39, 0.29) is 11.9 Å². The van der Waals surface area contributed by atoms with E-state index >= 15 is 0 Å². The van der Waals surface area contributed by atoms with Crippen molar-refractivity contribution in [2.24, 2.45) is 0 Å². The number of unbranched alkanes of at least 4 members (excludes halogenated alkanes) is 1. The Morgan fingerprint density at radius 3 is 2.51 bits per heavy atom. The van der Waals surface area contributed by atoms with Gasteiger partial charge < -0.3 is 20.3 Å². The van der Waals surface area contributed by atoms with Crippen molar-refractivity contribution in [3.05, 3.63) is 47.0 Å². The Kier molecular flexibility index (Phi) is 11.7. The van der Waals surface area contributed by atoms with Gasteiger partial charge in [-0.2, -0.15) is 0 Å². The number of fused-ring (bicyclic) bond motifs is 1. The summed E-state index contributed by atoms with van der Waals surface area (Å²) in [5, 5.41) is 6.06. The molecule has 2 N–H and O–H groups in total. The summed E-state index contributed by atoms with van der Waals surface area (Å²) in [6, 6.07) is 3.86. The molecular formula is C30H46N6O3. The first-order chi connectivity index (χ1) is 18.6. The van der Waals surface area contributed by atoms with Gasteiger partial charge in [-0.3, -0.25) is 9.78 Å². The van der Waals surface area contributed by atoms with Crippen LogP contribution in [0.3, 0.4) is 0 Å². The van der Waals surface area contributed by atoms with Crippen LogP contribution >= 0.6 is 0 Å². The third-order valence-corrected chi connectivity index (χ3v) is 6.70. The van der Waals surface area contributed by atoms with Crippen LogP contribution in [0.4, 0.5) is 5.95 Å². The second-order valence-electron chi connectivity index (χ2n) is 11.5. The van der Waals surface area contributed by atoms with Gasteiger partial charge in [-0.25, -0.2) is 14.8 Å². The zero-order valence-electron chi connectivity index (χ0n) is 24.4. The average Bonchev–Trinajstić information content (AvgIpc) is 2.88. The smallest absolute Gasteiger partial charge is 0.329 e. The third-order valence-electron chi connectivity index (χ3n) is 6.70. The van der Waals surface area contributed by atoms with E-state index in [0.29, 0.717) is 32.0 Å². The van der Waals surface area contributed by atoms with Crippen LogP contribution < -0.4 is 10.6 Å². The van der Waals surface area contributed by atoms with Crippen LogP contribution in [-0.2, 0) is 33.6 Å². The van der Waals surface area contributed by atoms with E-state index in [2.05, 4.69) is 37.6 Å². The van der Waals surface area contributed by atoms with Gasteiger partial charge in [0.05, 0.1) is 0 Å². The molecule has 0 aliphatic heterocycles. The molecule has 3 rings (SSSR count). The fourth-order valence-corrected chi connectivity index (χ4v) is 4.69. The van der Waals surface area contributed by atoms with Crippen molar-refractivity contribution in [2.75, 3.05) is 31.5 Å². The molecule has 1 amide bonds. The number of nitrogens with zero attached hydrogens (tertiary/aromatic N) is 4. The second-order valence-corrected chi connectivity index (χ2v) is 11.5. The highest BCUT2D eigenvalue weighted by molar-refractivity contribution is 5.79. The molecule has 1 aliphatic rings. The maximum atomic E-state index is 13.0. The minimum atomic E-state index is -0.596. The molecule has 0 fully saturated rings. The van der Waals surface area contributed by atoms with Gasteiger partial charge >= 0.3 is 5.97 Å². The standard InChI is InChI=1S/C30H46N6O3/c1-22-20-32-29(33-21-22)35-27(28(38)39-30(3,4)5)15-18-36(19-16-31-23(2)37)17-9-8-11-25-14-13-24-10-6-7-12-26(24)34-25/h13-14,20-21,27H,6-12,15-19H2,1-5H3,(H,31,37)(H,32,33,35)/t27-/m0/s1. The fraction of sp³-hybridized carbons (Fsp3) is 0.633. The van der Waals surface area contributed by atoms with Crippen molar-refractivity contribution in [1.29, 1.82) is 0 Å². The van der Waals surface area contributed by atoms with Crippen LogP contribution in [-0.4, -0.2) is 69.6 Å². The van der Waals surface area contributed by atoms with Crippen LogP contribution in [0, 0.1) is 6.92 Å². The number of aromatic nitrogens is 3. The third kappa shape index (κ3) is 11.3. The Morgan fingerprint density at radius 2 is 1.79 bits per heavy atom. The zero-order chi connectivity index (χ0) is 28.3. The van der Waals surface area contributed by atoms with Gasteiger partial charge in [0, 0.05) is 50.3 Å². The molecule has 2 aromatic heterocycles. The molecule has 2 aromatic rings. The Hall–Kier alpha value is -3.07. The molecular weight excluding hydrogens is 492 g/mol. The van der Waals surface area contributed by atoms with Gasteiger partial charge in [0.1, 0.15) is 11.6 Å². The normalized spacial score (nSPS) is 14.0. The minimum Gasteiger partial charge on any atom is -0.458 e. The van der Waals surface area contributed by atoms with Crippen molar-refractivity contribution in [3.63, 3.8) is 0 Å². The van der Waals surface area contributed by atoms with Crippen molar-refractivity contribution >= 4 is 17.8 Å². The van der Waals surface area contributed by atoms with E-state index in [1.54, 1.807) is 12.4 Å². The molecule has 1 aliphatic carbocycles. The molecule has 214 valence electrons. The van der Waals surface area contributed by atoms with E-state index in [9.17, 15) is 9.59 Å². The lowest BCUT2D eigenvalue weighted by Gasteiger charge is -2.27. The van der Waals surface area contributed by atoms with Crippen LogP contribution in [0.5, 0.6) is 0 Å². The highest BCUT2D eigenvalue weighted by Crippen LogP contribution is 2.20. The molecule has 9 heteroatoms. The summed E-state index contributed by atoms with van der Waals surface area (Å²) >= 11 is 0. The molecule has 0 spiro atoms. The van der Waals surface area contributed by atoms with Gasteiger partial charge in [0.2, 0.25) is 11.9 Å². The number of anilines is 1. The Labute approximate surface area is 233 Å². The van der Waals surface area contributed by atoms with Crippen molar-refractivity contribution in [2.45, 2.75) is 97.6 Å². The SMILES string of the molecule is CC(=O)NCCN(CCCCc1ccc2c(n1)CCCC2)CC[C@H](Nc1ncc(C)cn1)C(=O)OC(C)(C)C. The summed E-state index contributed by atoms with van der Waals surface area (Å²) in [5.74, 6) is 0.0315. The fourth-order valence-electron chi connectivity index (χ4n) is 4.69. The first-order valence-corrected chi connectivity index (χ1v) is 14.3. The first kappa shape index (κ1) is 30.5. The summed E-state index contributed by atoms with van der Waals surface area (Å²) in [7, 11) is 0. The maximum Gasteiger partial charge on any atom is 0.329 e. The van der Waals surface area contributed by atoms with Crippen LogP contribution in [0.25, 0.3) is 0 Å². The quantitative estimate of drug-likeness (QED) is 0.274. The zero-order valence-corrected chi connectivity index (χ0v) is 24.4. The lowest BCUT2D eigenvalue weighted by Crippen LogP contribution is -2.41. The highest BCUT2D eigenvalue weighted by Gasteiger charge is 2.26. The van der Waals surface area contributed by atoms with E-state index in [0.717, 1.165) is 44.2 Å². The number of aryl methyl sites for hydroxylation is 4. The molecule has 9 nitrogen and oxygen atoms in total. The number of esters is 1. The molecule has 39 heavy (non-hydrogen) atoms.